The van der Waals surface area contributed by atoms with Crippen LogP contribution in [0.3, 0.4) is 0 Å². The van der Waals surface area contributed by atoms with Crippen molar-refractivity contribution >= 4 is 0 Å². The summed E-state index contributed by atoms with van der Waals surface area (Å²) in [7, 11) is 5.42. The minimum atomic E-state index is -0.910. The number of ether oxygens (including phenoxy) is 3. The Balaban J connectivity index is 1.86. The van der Waals surface area contributed by atoms with Gasteiger partial charge in [0.05, 0.1) is 20.3 Å². The van der Waals surface area contributed by atoms with E-state index in [-0.39, 0.29) is 12.0 Å². The van der Waals surface area contributed by atoms with E-state index in [1.54, 1.807) is 14.2 Å². The topological polar surface area (TPSA) is 51.2 Å². The molecular formula is C18H23NO4. The lowest BCUT2D eigenvalue weighted by Crippen LogP contribution is -2.44. The Kier molecular flexibility index (Phi) is 3.59. The molecule has 124 valence electrons. The molecule has 0 bridgehead atoms. The normalized spacial score (nSPS) is 32.6. The Morgan fingerprint density at radius 2 is 1.87 bits per heavy atom. The molecule has 4 rings (SSSR count). The van der Waals surface area contributed by atoms with Gasteiger partial charge in [-0.15, -0.1) is 0 Å². The van der Waals surface area contributed by atoms with Crippen LogP contribution in [0.2, 0.25) is 0 Å². The van der Waals surface area contributed by atoms with E-state index in [2.05, 4.69) is 18.0 Å². The van der Waals surface area contributed by atoms with Crippen LogP contribution in [0, 0.1) is 0 Å². The number of hydrogen-bond acceptors (Lipinski definition) is 5. The Hall–Kier alpha value is -1.56. The summed E-state index contributed by atoms with van der Waals surface area (Å²) in [6.07, 6.45) is 3.37. The predicted molar refractivity (Wildman–Crippen MR) is 85.9 cm³/mol. The first-order chi connectivity index (χ1) is 11.1. The highest BCUT2D eigenvalue weighted by atomic mass is 16.6. The summed E-state index contributed by atoms with van der Waals surface area (Å²) in [5.74, 6) is 1.55. The molecule has 0 unspecified atom stereocenters. The lowest BCUT2D eigenvalue weighted by molar-refractivity contribution is -0.162. The summed E-state index contributed by atoms with van der Waals surface area (Å²) in [6, 6.07) is 4.22. The Morgan fingerprint density at radius 3 is 2.57 bits per heavy atom. The molecule has 1 saturated heterocycles. The first kappa shape index (κ1) is 15.0. The van der Waals surface area contributed by atoms with Crippen LogP contribution < -0.4 is 9.47 Å². The monoisotopic (exact) mass is 317 g/mol. The van der Waals surface area contributed by atoms with E-state index in [4.69, 9.17) is 14.2 Å². The summed E-state index contributed by atoms with van der Waals surface area (Å²) in [5, 5.41) is 10.4. The SMILES string of the molecule is COc1cc2c(cc1OC)[C@H](O)O[C@@H]1CC=C3CCN(C)[C@H]3[C@H]21. The minimum Gasteiger partial charge on any atom is -0.493 e. The molecule has 3 aliphatic rings. The number of fused-ring (bicyclic) bond motifs is 5. The molecule has 0 spiro atoms. The number of nitrogens with zero attached hydrogens (tertiary/aromatic N) is 1. The molecule has 0 amide bonds. The van der Waals surface area contributed by atoms with Crippen molar-refractivity contribution in [3.63, 3.8) is 0 Å². The van der Waals surface area contributed by atoms with E-state index in [9.17, 15) is 5.11 Å². The van der Waals surface area contributed by atoms with E-state index < -0.39 is 6.29 Å². The van der Waals surface area contributed by atoms with Gasteiger partial charge in [-0.3, -0.25) is 4.90 Å². The van der Waals surface area contributed by atoms with Crippen LogP contribution in [0.15, 0.2) is 23.8 Å². The third-order valence-electron chi connectivity index (χ3n) is 5.48. The van der Waals surface area contributed by atoms with Crippen LogP contribution in [-0.4, -0.2) is 50.0 Å². The van der Waals surface area contributed by atoms with E-state index in [0.717, 1.165) is 30.5 Å². The molecule has 5 nitrogen and oxygen atoms in total. The molecule has 1 aromatic rings. The fraction of sp³-hybridized carbons (Fsp3) is 0.556. The van der Waals surface area contributed by atoms with E-state index in [1.165, 1.54) is 5.57 Å². The summed E-state index contributed by atoms with van der Waals surface area (Å²) in [5.41, 5.74) is 3.41. The van der Waals surface area contributed by atoms with Gasteiger partial charge in [-0.1, -0.05) is 11.6 Å². The number of aliphatic hydroxyl groups excluding tert-OH is 1. The van der Waals surface area contributed by atoms with Gasteiger partial charge in [0.15, 0.2) is 17.8 Å². The highest BCUT2D eigenvalue weighted by molar-refractivity contribution is 5.52. The van der Waals surface area contributed by atoms with Crippen LogP contribution in [0.5, 0.6) is 11.5 Å². The molecule has 0 aromatic heterocycles. The summed E-state index contributed by atoms with van der Waals surface area (Å²) >= 11 is 0. The molecule has 1 aromatic carbocycles. The second kappa shape index (κ2) is 5.51. The number of aliphatic hydroxyl groups is 1. The first-order valence-electron chi connectivity index (χ1n) is 8.12. The average molecular weight is 317 g/mol. The maximum Gasteiger partial charge on any atom is 0.181 e. The number of hydrogen-bond donors (Lipinski definition) is 1. The molecule has 2 aliphatic heterocycles. The number of rotatable bonds is 2. The Bertz CT molecular complexity index is 657. The predicted octanol–water partition coefficient (Wildman–Crippen LogP) is 2.21. The lowest BCUT2D eigenvalue weighted by atomic mass is 9.74. The largest absolute Gasteiger partial charge is 0.493 e. The summed E-state index contributed by atoms with van der Waals surface area (Å²) in [6.45, 7) is 1.07. The van der Waals surface area contributed by atoms with Crippen molar-refractivity contribution in [2.45, 2.75) is 37.2 Å². The van der Waals surface area contributed by atoms with Crippen LogP contribution >= 0.6 is 0 Å². The van der Waals surface area contributed by atoms with Crippen LogP contribution in [0.1, 0.15) is 36.2 Å². The van der Waals surface area contributed by atoms with Gasteiger partial charge in [0, 0.05) is 24.1 Å². The van der Waals surface area contributed by atoms with E-state index in [1.807, 2.05) is 12.1 Å². The van der Waals surface area contributed by atoms with Crippen LogP contribution in [0.4, 0.5) is 0 Å². The molecule has 1 N–H and O–H groups in total. The minimum absolute atomic E-state index is 0.00454. The lowest BCUT2D eigenvalue weighted by Gasteiger charge is -2.44. The Morgan fingerprint density at radius 1 is 1.17 bits per heavy atom. The first-order valence-corrected chi connectivity index (χ1v) is 8.12. The van der Waals surface area contributed by atoms with Crippen molar-refractivity contribution in [1.29, 1.82) is 0 Å². The highest BCUT2D eigenvalue weighted by Gasteiger charge is 2.46. The van der Waals surface area contributed by atoms with Gasteiger partial charge in [0.1, 0.15) is 0 Å². The number of likely N-dealkylation sites (N-methyl/N-ethyl adjacent to an activating group) is 1. The maximum atomic E-state index is 10.4. The standard InChI is InChI=1S/C18H23NO4/c1-19-7-6-10-4-5-13-16(17(10)19)11-8-14(21-2)15(22-3)9-12(11)18(20)23-13/h4,8-9,13,16-18,20H,5-7H2,1-3H3/t13-,16-,17-,18-/m1/s1. The third-order valence-corrected chi connectivity index (χ3v) is 5.48. The van der Waals surface area contributed by atoms with Crippen molar-refractivity contribution in [1.82, 2.24) is 4.90 Å². The molecule has 1 fully saturated rings. The third kappa shape index (κ3) is 2.18. The van der Waals surface area contributed by atoms with Gasteiger partial charge in [-0.05, 0) is 37.6 Å². The molecule has 23 heavy (non-hydrogen) atoms. The average Bonchev–Trinajstić information content (AvgIpc) is 2.95. The summed E-state index contributed by atoms with van der Waals surface area (Å²) < 4.78 is 16.8. The zero-order valence-electron chi connectivity index (χ0n) is 13.8. The Labute approximate surface area is 136 Å². The van der Waals surface area contributed by atoms with Gasteiger partial charge in [0.25, 0.3) is 0 Å². The molecule has 5 heteroatoms. The number of methoxy groups -OCH3 is 2. The van der Waals surface area contributed by atoms with Gasteiger partial charge in [0.2, 0.25) is 0 Å². The quantitative estimate of drug-likeness (QED) is 0.848. The van der Waals surface area contributed by atoms with Gasteiger partial charge >= 0.3 is 0 Å². The van der Waals surface area contributed by atoms with Crippen molar-refractivity contribution in [3.05, 3.63) is 34.9 Å². The van der Waals surface area contributed by atoms with Crippen molar-refractivity contribution < 1.29 is 19.3 Å². The van der Waals surface area contributed by atoms with Crippen LogP contribution in [-0.2, 0) is 4.74 Å². The molecule has 2 heterocycles. The van der Waals surface area contributed by atoms with Crippen molar-refractivity contribution in [2.75, 3.05) is 27.8 Å². The van der Waals surface area contributed by atoms with E-state index >= 15 is 0 Å². The zero-order valence-corrected chi connectivity index (χ0v) is 13.8. The smallest absolute Gasteiger partial charge is 0.181 e. The van der Waals surface area contributed by atoms with Gasteiger partial charge in [-0.2, -0.15) is 0 Å². The summed E-state index contributed by atoms with van der Waals surface area (Å²) in [4.78, 5) is 2.39. The fourth-order valence-corrected chi connectivity index (χ4v) is 4.38. The number of likely N-dealkylation sites (tertiary alicyclic amines) is 1. The second-order valence-electron chi connectivity index (χ2n) is 6.58. The molecule has 0 radical (unpaired) electrons. The molecule has 1 aliphatic carbocycles. The van der Waals surface area contributed by atoms with Crippen molar-refractivity contribution in [3.8, 4) is 11.5 Å². The maximum absolute atomic E-state index is 10.4. The number of benzene rings is 1. The van der Waals surface area contributed by atoms with E-state index in [0.29, 0.717) is 17.5 Å². The van der Waals surface area contributed by atoms with Gasteiger partial charge < -0.3 is 19.3 Å². The zero-order chi connectivity index (χ0) is 16.1. The second-order valence-corrected chi connectivity index (χ2v) is 6.58. The fourth-order valence-electron chi connectivity index (χ4n) is 4.38. The molecular weight excluding hydrogens is 294 g/mol. The highest BCUT2D eigenvalue weighted by Crippen LogP contribution is 2.50. The van der Waals surface area contributed by atoms with Crippen molar-refractivity contribution in [2.24, 2.45) is 0 Å². The molecule has 0 saturated carbocycles. The van der Waals surface area contributed by atoms with Crippen LogP contribution in [0.25, 0.3) is 0 Å². The molecule has 4 atom stereocenters. The van der Waals surface area contributed by atoms with Gasteiger partial charge in [-0.25, -0.2) is 0 Å².